The Morgan fingerprint density at radius 3 is 2.53 bits per heavy atom. The molecule has 0 radical (unpaired) electrons. The molecule has 168 valence electrons. The maximum absolute atomic E-state index is 13.5. The van der Waals surface area contributed by atoms with Gasteiger partial charge >= 0.3 is 0 Å². The van der Waals surface area contributed by atoms with E-state index in [1.807, 2.05) is 48.2 Å². The summed E-state index contributed by atoms with van der Waals surface area (Å²) in [5.41, 5.74) is 2.01. The van der Waals surface area contributed by atoms with Crippen LogP contribution in [0.5, 0.6) is 0 Å². The molecule has 1 saturated carbocycles. The first kappa shape index (κ1) is 20.9. The average Bonchev–Trinajstić information content (AvgIpc) is 3.63. The van der Waals surface area contributed by atoms with E-state index < -0.39 is 17.9 Å². The molecule has 4 atom stereocenters. The molecule has 0 spiro atoms. The van der Waals surface area contributed by atoms with E-state index in [9.17, 15) is 19.5 Å². The van der Waals surface area contributed by atoms with Gasteiger partial charge in [-0.25, -0.2) is 0 Å². The predicted molar refractivity (Wildman–Crippen MR) is 120 cm³/mol. The Morgan fingerprint density at radius 2 is 1.88 bits per heavy atom. The maximum Gasteiger partial charge on any atom is 0.258 e. The topological polar surface area (TPSA) is 91.6 Å². The summed E-state index contributed by atoms with van der Waals surface area (Å²) >= 11 is 0. The van der Waals surface area contributed by atoms with Crippen LogP contribution in [-0.2, 0) is 16.1 Å². The number of benzene rings is 1. The Hall–Kier alpha value is -2.93. The summed E-state index contributed by atoms with van der Waals surface area (Å²) in [5, 5.41) is 13.2. The van der Waals surface area contributed by atoms with Crippen LogP contribution in [0, 0.1) is 17.8 Å². The van der Waals surface area contributed by atoms with Gasteiger partial charge in [-0.3, -0.25) is 14.4 Å². The molecule has 3 heterocycles. The van der Waals surface area contributed by atoms with Crippen LogP contribution in [0.4, 0.5) is 0 Å². The highest BCUT2D eigenvalue weighted by atomic mass is 16.3. The normalized spacial score (nSPS) is 26.0. The van der Waals surface area contributed by atoms with Gasteiger partial charge in [0.2, 0.25) is 11.8 Å². The van der Waals surface area contributed by atoms with Gasteiger partial charge in [0.15, 0.2) is 0 Å². The van der Waals surface area contributed by atoms with Gasteiger partial charge in [-0.2, -0.15) is 0 Å². The molecule has 32 heavy (non-hydrogen) atoms. The Morgan fingerprint density at radius 1 is 1.12 bits per heavy atom. The van der Waals surface area contributed by atoms with Crippen LogP contribution in [-0.4, -0.2) is 45.6 Å². The number of aliphatic hydroxyl groups excluding tert-OH is 1. The third-order valence-electron chi connectivity index (χ3n) is 7.16. The van der Waals surface area contributed by atoms with E-state index in [0.717, 1.165) is 24.8 Å². The largest absolute Gasteiger partial charge is 0.396 e. The van der Waals surface area contributed by atoms with E-state index >= 15 is 0 Å². The Balaban J connectivity index is 1.62. The van der Waals surface area contributed by atoms with E-state index in [1.165, 1.54) is 0 Å². The van der Waals surface area contributed by atoms with Crippen LogP contribution in [0.25, 0.3) is 11.1 Å². The summed E-state index contributed by atoms with van der Waals surface area (Å²) in [7, 11) is 0. The highest BCUT2D eigenvalue weighted by molar-refractivity contribution is 5.86. The SMILES string of the molecule is CCCNC(=O)[C@@H]1[C@@H](CO)[C@@H]2Cn3c(ccc(-c4ccccc4)c3=O)[C@H]1N2C(=O)C1CC1. The van der Waals surface area contributed by atoms with Gasteiger partial charge < -0.3 is 19.9 Å². The number of hydrogen-bond acceptors (Lipinski definition) is 4. The van der Waals surface area contributed by atoms with Crippen molar-refractivity contribution in [1.82, 2.24) is 14.8 Å². The van der Waals surface area contributed by atoms with E-state index in [2.05, 4.69) is 5.32 Å². The first-order valence-corrected chi connectivity index (χ1v) is 11.6. The zero-order chi connectivity index (χ0) is 22.4. The molecule has 1 saturated heterocycles. The molecule has 0 unspecified atom stereocenters. The second-order valence-electron chi connectivity index (χ2n) is 9.15. The summed E-state index contributed by atoms with van der Waals surface area (Å²) in [6, 6.07) is 12.3. The van der Waals surface area contributed by atoms with Gasteiger partial charge in [0.25, 0.3) is 5.56 Å². The number of aromatic nitrogens is 1. The van der Waals surface area contributed by atoms with Crippen LogP contribution in [0.2, 0.25) is 0 Å². The van der Waals surface area contributed by atoms with Gasteiger partial charge in [-0.15, -0.1) is 0 Å². The maximum atomic E-state index is 13.5. The van der Waals surface area contributed by atoms with Crippen molar-refractivity contribution in [2.75, 3.05) is 13.2 Å². The van der Waals surface area contributed by atoms with Gasteiger partial charge in [-0.05, 0) is 37.0 Å². The zero-order valence-corrected chi connectivity index (χ0v) is 18.2. The quantitative estimate of drug-likeness (QED) is 0.726. The summed E-state index contributed by atoms with van der Waals surface area (Å²) in [5.74, 6) is -1.08. The van der Waals surface area contributed by atoms with Crippen molar-refractivity contribution in [3.63, 3.8) is 0 Å². The average molecular weight is 436 g/mol. The lowest BCUT2D eigenvalue weighted by molar-refractivity contribution is -0.138. The van der Waals surface area contributed by atoms with Gasteiger partial charge in [-0.1, -0.05) is 37.3 Å². The number of rotatable bonds is 6. The van der Waals surface area contributed by atoms with Crippen LogP contribution in [0.15, 0.2) is 47.3 Å². The number of carbonyl (C=O) groups is 2. The molecule has 2 amide bonds. The second-order valence-corrected chi connectivity index (χ2v) is 9.15. The lowest BCUT2D eigenvalue weighted by atomic mass is 9.86. The molecule has 5 rings (SSSR count). The van der Waals surface area contributed by atoms with Crippen molar-refractivity contribution >= 4 is 11.8 Å². The summed E-state index contributed by atoms with van der Waals surface area (Å²) in [6.45, 7) is 2.63. The minimum Gasteiger partial charge on any atom is -0.396 e. The molecule has 2 bridgehead atoms. The van der Waals surface area contributed by atoms with E-state index in [4.69, 9.17) is 0 Å². The van der Waals surface area contributed by atoms with Crippen LogP contribution in [0.3, 0.4) is 0 Å². The molecule has 2 N–H and O–H groups in total. The standard InChI is InChI=1S/C25H29N3O4/c1-2-12-26-23(30)21-18(14-29)20-13-27-19(22(21)28(20)24(31)16-8-9-16)11-10-17(25(27)32)15-6-4-3-5-7-15/h3-7,10-11,16,18,20-22,29H,2,8-9,12-14H2,1H3,(H,26,30)/t18-,20-,21+,22+/m0/s1. The number of amides is 2. The van der Waals surface area contributed by atoms with E-state index in [1.54, 1.807) is 10.6 Å². The molecule has 1 aromatic heterocycles. The molecule has 1 aliphatic carbocycles. The lowest BCUT2D eigenvalue weighted by Crippen LogP contribution is -2.49. The fourth-order valence-electron chi connectivity index (χ4n) is 5.45. The molecule has 7 heteroatoms. The first-order chi connectivity index (χ1) is 15.6. The van der Waals surface area contributed by atoms with Crippen LogP contribution < -0.4 is 10.9 Å². The van der Waals surface area contributed by atoms with Gasteiger partial charge in [0.05, 0.1) is 18.0 Å². The molecular formula is C25H29N3O4. The summed E-state index contributed by atoms with van der Waals surface area (Å²) < 4.78 is 1.73. The molecule has 1 aromatic carbocycles. The molecule has 7 nitrogen and oxygen atoms in total. The predicted octanol–water partition coefficient (Wildman–Crippen LogP) is 1.94. The highest BCUT2D eigenvalue weighted by Crippen LogP contribution is 2.50. The van der Waals surface area contributed by atoms with Crippen LogP contribution >= 0.6 is 0 Å². The number of fused-ring (bicyclic) bond motifs is 4. The van der Waals surface area contributed by atoms with Crippen molar-refractivity contribution < 1.29 is 14.7 Å². The van der Waals surface area contributed by atoms with Crippen LogP contribution in [0.1, 0.15) is 37.9 Å². The number of carbonyl (C=O) groups excluding carboxylic acids is 2. The van der Waals surface area contributed by atoms with Gasteiger partial charge in [0, 0.05) is 42.8 Å². The zero-order valence-electron chi connectivity index (χ0n) is 18.2. The van der Waals surface area contributed by atoms with Crippen molar-refractivity contribution in [3.05, 3.63) is 58.5 Å². The summed E-state index contributed by atoms with van der Waals surface area (Å²) in [4.78, 5) is 41.8. The van der Waals surface area contributed by atoms with Crippen molar-refractivity contribution in [2.45, 2.75) is 44.8 Å². The Kier molecular flexibility index (Phi) is 5.37. The Bertz CT molecular complexity index is 1090. The molecule has 2 fully saturated rings. The van der Waals surface area contributed by atoms with E-state index in [-0.39, 0.29) is 35.9 Å². The minimum absolute atomic E-state index is 0.00124. The third-order valence-corrected chi connectivity index (χ3v) is 7.16. The molecule has 2 aromatic rings. The number of hydrogen-bond donors (Lipinski definition) is 2. The molecular weight excluding hydrogens is 406 g/mol. The fourth-order valence-corrected chi connectivity index (χ4v) is 5.45. The number of aliphatic hydroxyl groups is 1. The second kappa shape index (κ2) is 8.20. The highest BCUT2D eigenvalue weighted by Gasteiger charge is 2.58. The Labute approximate surface area is 187 Å². The number of nitrogens with one attached hydrogen (secondary N) is 1. The number of pyridine rings is 1. The summed E-state index contributed by atoms with van der Waals surface area (Å²) in [6.07, 6.45) is 2.54. The molecule has 3 aliphatic rings. The molecule has 2 aliphatic heterocycles. The van der Waals surface area contributed by atoms with Crippen molar-refractivity contribution in [3.8, 4) is 11.1 Å². The third kappa shape index (κ3) is 3.26. The lowest BCUT2D eigenvalue weighted by Gasteiger charge is -2.38. The van der Waals surface area contributed by atoms with Gasteiger partial charge in [0.1, 0.15) is 0 Å². The van der Waals surface area contributed by atoms with E-state index in [0.29, 0.717) is 24.3 Å². The van der Waals surface area contributed by atoms with Crippen molar-refractivity contribution in [2.24, 2.45) is 17.8 Å². The van der Waals surface area contributed by atoms with Crippen molar-refractivity contribution in [1.29, 1.82) is 0 Å². The number of nitrogens with zero attached hydrogens (tertiary/aromatic N) is 2. The minimum atomic E-state index is -0.574. The smallest absolute Gasteiger partial charge is 0.258 e. The fraction of sp³-hybridized carbons (Fsp3) is 0.480. The first-order valence-electron chi connectivity index (χ1n) is 11.6. The monoisotopic (exact) mass is 435 g/mol.